The molecule has 0 aliphatic heterocycles. The minimum Gasteiger partial charge on any atom is -0.508 e. The summed E-state index contributed by atoms with van der Waals surface area (Å²) in [6, 6.07) is 6.49. The standard InChI is InChI=1S/C17H18N2O3/c1-10-8-12(6-7-15(10)20)18-16(21)13-9-11-4-2-3-5-14(11)19-17(13)22/h6-9,20H,2-5H2,1H3,(H,18,21)(H,19,22). The van der Waals surface area contributed by atoms with Gasteiger partial charge in [-0.2, -0.15) is 0 Å². The first-order valence-electron chi connectivity index (χ1n) is 7.40. The smallest absolute Gasteiger partial charge is 0.261 e. The Balaban J connectivity index is 1.88. The number of aromatic nitrogens is 1. The van der Waals surface area contributed by atoms with Crippen LogP contribution in [0.3, 0.4) is 0 Å². The van der Waals surface area contributed by atoms with Crippen molar-refractivity contribution < 1.29 is 9.90 Å². The highest BCUT2D eigenvalue weighted by Crippen LogP contribution is 2.21. The van der Waals surface area contributed by atoms with Crippen LogP contribution in [0.25, 0.3) is 0 Å². The number of nitrogens with one attached hydrogen (secondary N) is 2. The monoisotopic (exact) mass is 298 g/mol. The number of hydrogen-bond donors (Lipinski definition) is 3. The van der Waals surface area contributed by atoms with Gasteiger partial charge in [-0.3, -0.25) is 9.59 Å². The molecule has 0 spiro atoms. The second kappa shape index (κ2) is 5.67. The summed E-state index contributed by atoms with van der Waals surface area (Å²) in [5.74, 6) is -0.260. The van der Waals surface area contributed by atoms with Crippen LogP contribution in [0, 0.1) is 6.92 Å². The number of amides is 1. The van der Waals surface area contributed by atoms with Gasteiger partial charge in [0.05, 0.1) is 0 Å². The van der Waals surface area contributed by atoms with E-state index < -0.39 is 5.91 Å². The van der Waals surface area contributed by atoms with Gasteiger partial charge in [0.15, 0.2) is 0 Å². The number of carbonyl (C=O) groups excluding carboxylic acids is 1. The fourth-order valence-electron chi connectivity index (χ4n) is 2.78. The molecule has 22 heavy (non-hydrogen) atoms. The Morgan fingerprint density at radius 1 is 1.23 bits per heavy atom. The van der Waals surface area contributed by atoms with Crippen LogP contribution in [0.2, 0.25) is 0 Å². The number of hydrogen-bond acceptors (Lipinski definition) is 3. The summed E-state index contributed by atoms with van der Waals surface area (Å²) in [5.41, 5.74) is 3.00. The molecular weight excluding hydrogens is 280 g/mol. The second-order valence-electron chi connectivity index (χ2n) is 5.68. The van der Waals surface area contributed by atoms with Crippen LogP contribution in [-0.2, 0) is 12.8 Å². The molecule has 1 aromatic carbocycles. The molecule has 0 saturated carbocycles. The number of pyridine rings is 1. The number of aromatic amines is 1. The zero-order chi connectivity index (χ0) is 15.7. The normalized spacial score (nSPS) is 13.5. The zero-order valence-corrected chi connectivity index (χ0v) is 12.4. The lowest BCUT2D eigenvalue weighted by molar-refractivity contribution is 0.102. The van der Waals surface area contributed by atoms with Crippen molar-refractivity contribution in [1.29, 1.82) is 0 Å². The second-order valence-corrected chi connectivity index (χ2v) is 5.68. The number of rotatable bonds is 2. The average molecular weight is 298 g/mol. The van der Waals surface area contributed by atoms with Crippen LogP contribution in [0.1, 0.15) is 40.0 Å². The molecule has 1 amide bonds. The van der Waals surface area contributed by atoms with E-state index in [0.717, 1.165) is 36.9 Å². The van der Waals surface area contributed by atoms with E-state index in [9.17, 15) is 14.7 Å². The predicted octanol–water partition coefficient (Wildman–Crippen LogP) is 2.52. The molecule has 114 valence electrons. The Kier molecular flexibility index (Phi) is 3.71. The quantitative estimate of drug-likeness (QED) is 0.745. The Morgan fingerprint density at radius 3 is 2.77 bits per heavy atom. The average Bonchev–Trinajstić information content (AvgIpc) is 2.50. The fourth-order valence-corrected chi connectivity index (χ4v) is 2.78. The molecule has 1 aliphatic carbocycles. The molecule has 5 nitrogen and oxygen atoms in total. The summed E-state index contributed by atoms with van der Waals surface area (Å²) in [5, 5.41) is 12.2. The molecule has 3 N–H and O–H groups in total. The van der Waals surface area contributed by atoms with Crippen molar-refractivity contribution in [2.45, 2.75) is 32.6 Å². The molecule has 3 rings (SSSR count). The number of anilines is 1. The largest absolute Gasteiger partial charge is 0.508 e. The van der Waals surface area contributed by atoms with Gasteiger partial charge < -0.3 is 15.4 Å². The van der Waals surface area contributed by atoms with Crippen molar-refractivity contribution in [3.8, 4) is 5.75 Å². The van der Waals surface area contributed by atoms with E-state index in [1.165, 1.54) is 6.07 Å². The summed E-state index contributed by atoms with van der Waals surface area (Å²) in [6.45, 7) is 1.75. The summed E-state index contributed by atoms with van der Waals surface area (Å²) < 4.78 is 0. The highest BCUT2D eigenvalue weighted by atomic mass is 16.3. The Hall–Kier alpha value is -2.56. The van der Waals surface area contributed by atoms with Gasteiger partial charge in [-0.15, -0.1) is 0 Å². The number of carbonyl (C=O) groups is 1. The molecule has 0 unspecified atom stereocenters. The molecule has 1 aromatic heterocycles. The van der Waals surface area contributed by atoms with Crippen molar-refractivity contribution >= 4 is 11.6 Å². The topological polar surface area (TPSA) is 82.2 Å². The molecule has 0 saturated heterocycles. The molecule has 1 heterocycles. The molecule has 0 bridgehead atoms. The molecule has 0 radical (unpaired) electrons. The number of phenolic OH excluding ortho intramolecular Hbond substituents is 1. The van der Waals surface area contributed by atoms with Gasteiger partial charge >= 0.3 is 0 Å². The lowest BCUT2D eigenvalue weighted by Gasteiger charge is -2.16. The van der Waals surface area contributed by atoms with Gasteiger partial charge in [0.25, 0.3) is 11.5 Å². The first-order valence-corrected chi connectivity index (χ1v) is 7.40. The van der Waals surface area contributed by atoms with Gasteiger partial charge in [-0.05, 0) is 68.0 Å². The number of fused-ring (bicyclic) bond motifs is 1. The third-order valence-electron chi connectivity index (χ3n) is 4.04. The van der Waals surface area contributed by atoms with Crippen LogP contribution in [0.4, 0.5) is 5.69 Å². The lowest BCUT2D eigenvalue weighted by Crippen LogP contribution is -2.26. The minimum absolute atomic E-state index is 0.131. The highest BCUT2D eigenvalue weighted by molar-refractivity contribution is 6.04. The van der Waals surface area contributed by atoms with Crippen LogP contribution in [0.5, 0.6) is 5.75 Å². The van der Waals surface area contributed by atoms with E-state index in [2.05, 4.69) is 10.3 Å². The van der Waals surface area contributed by atoms with Gasteiger partial charge in [0.1, 0.15) is 11.3 Å². The number of phenols is 1. The maximum Gasteiger partial charge on any atom is 0.261 e. The van der Waals surface area contributed by atoms with Crippen molar-refractivity contribution in [2.75, 3.05) is 5.32 Å². The number of H-pyrrole nitrogens is 1. The summed E-state index contributed by atoms with van der Waals surface area (Å²) in [7, 11) is 0. The van der Waals surface area contributed by atoms with E-state index in [1.54, 1.807) is 25.1 Å². The van der Waals surface area contributed by atoms with E-state index in [0.29, 0.717) is 11.3 Å². The third kappa shape index (κ3) is 2.74. The van der Waals surface area contributed by atoms with Crippen molar-refractivity contribution in [3.05, 3.63) is 57.0 Å². The number of aromatic hydroxyl groups is 1. The van der Waals surface area contributed by atoms with E-state index >= 15 is 0 Å². The first-order chi connectivity index (χ1) is 10.5. The van der Waals surface area contributed by atoms with E-state index in [1.807, 2.05) is 0 Å². The molecule has 0 fully saturated rings. The first kappa shape index (κ1) is 14.4. The van der Waals surface area contributed by atoms with E-state index in [4.69, 9.17) is 0 Å². The number of aryl methyl sites for hydroxylation is 3. The Labute approximate surface area is 128 Å². The molecular formula is C17H18N2O3. The molecule has 5 heteroatoms. The van der Waals surface area contributed by atoms with Gasteiger partial charge in [-0.25, -0.2) is 0 Å². The fraction of sp³-hybridized carbons (Fsp3) is 0.294. The Morgan fingerprint density at radius 2 is 2.00 bits per heavy atom. The lowest BCUT2D eigenvalue weighted by atomic mass is 9.95. The van der Waals surface area contributed by atoms with Crippen LogP contribution in [-0.4, -0.2) is 16.0 Å². The van der Waals surface area contributed by atoms with Crippen molar-refractivity contribution in [2.24, 2.45) is 0 Å². The third-order valence-corrected chi connectivity index (χ3v) is 4.04. The maximum absolute atomic E-state index is 12.3. The zero-order valence-electron chi connectivity index (χ0n) is 12.4. The molecule has 1 aliphatic rings. The van der Waals surface area contributed by atoms with Gasteiger partial charge in [-0.1, -0.05) is 0 Å². The Bertz CT molecular complexity index is 793. The summed E-state index contributed by atoms with van der Waals surface area (Å²) >= 11 is 0. The number of benzene rings is 1. The van der Waals surface area contributed by atoms with Crippen molar-refractivity contribution in [3.63, 3.8) is 0 Å². The van der Waals surface area contributed by atoms with Crippen molar-refractivity contribution in [1.82, 2.24) is 4.98 Å². The maximum atomic E-state index is 12.3. The van der Waals surface area contributed by atoms with Crippen LogP contribution >= 0.6 is 0 Å². The van der Waals surface area contributed by atoms with Gasteiger partial charge in [0.2, 0.25) is 0 Å². The summed E-state index contributed by atoms with van der Waals surface area (Å²) in [6.07, 6.45) is 3.91. The molecule has 0 atom stereocenters. The SMILES string of the molecule is Cc1cc(NC(=O)c2cc3c([nH]c2=O)CCCC3)ccc1O. The van der Waals surface area contributed by atoms with Crippen LogP contribution < -0.4 is 10.9 Å². The van der Waals surface area contributed by atoms with E-state index in [-0.39, 0.29) is 16.9 Å². The predicted molar refractivity (Wildman–Crippen MR) is 84.5 cm³/mol. The highest BCUT2D eigenvalue weighted by Gasteiger charge is 2.17. The van der Waals surface area contributed by atoms with Gasteiger partial charge in [0, 0.05) is 11.4 Å². The summed E-state index contributed by atoms with van der Waals surface area (Å²) in [4.78, 5) is 27.2. The van der Waals surface area contributed by atoms with Crippen LogP contribution in [0.15, 0.2) is 29.1 Å². The molecule has 2 aromatic rings. The minimum atomic E-state index is -0.431.